The fourth-order valence-corrected chi connectivity index (χ4v) is 4.43. The summed E-state index contributed by atoms with van der Waals surface area (Å²) in [5, 5.41) is 16.2. The van der Waals surface area contributed by atoms with E-state index in [-0.39, 0.29) is 24.5 Å². The van der Waals surface area contributed by atoms with Gasteiger partial charge in [0.2, 0.25) is 24.4 Å². The van der Waals surface area contributed by atoms with E-state index in [9.17, 15) is 9.59 Å². The highest BCUT2D eigenvalue weighted by Crippen LogP contribution is 2.34. The number of anilines is 1. The molecule has 1 atom stereocenters. The molecule has 1 unspecified atom stereocenters. The number of ether oxygens (including phenoxy) is 2. The molecular formula is C24H25ClN6O4. The van der Waals surface area contributed by atoms with Crippen molar-refractivity contribution in [3.63, 3.8) is 0 Å². The number of rotatable bonds is 6. The summed E-state index contributed by atoms with van der Waals surface area (Å²) >= 11 is 5.95. The third-order valence-corrected chi connectivity index (χ3v) is 6.55. The fourth-order valence-electron chi connectivity index (χ4n) is 4.30. The average Bonchev–Trinajstić information content (AvgIpc) is 3.55. The molecule has 1 fully saturated rings. The number of hydrogen-bond acceptors (Lipinski definition) is 7. The number of halogens is 1. The van der Waals surface area contributed by atoms with E-state index < -0.39 is 6.04 Å². The lowest BCUT2D eigenvalue weighted by Gasteiger charge is -2.33. The van der Waals surface area contributed by atoms with Gasteiger partial charge in [-0.1, -0.05) is 18.5 Å². The van der Waals surface area contributed by atoms with Crippen LogP contribution in [0.25, 0.3) is 11.4 Å². The second-order valence-corrected chi connectivity index (χ2v) is 8.96. The maximum atomic E-state index is 13.2. The Morgan fingerprint density at radius 1 is 1.11 bits per heavy atom. The third-order valence-electron chi connectivity index (χ3n) is 6.30. The monoisotopic (exact) mass is 496 g/mol. The zero-order chi connectivity index (χ0) is 24.4. The van der Waals surface area contributed by atoms with E-state index in [4.69, 9.17) is 21.1 Å². The number of carbonyl (C=O) groups is 2. The van der Waals surface area contributed by atoms with E-state index in [1.54, 1.807) is 35.2 Å². The van der Waals surface area contributed by atoms with E-state index in [2.05, 4.69) is 20.7 Å². The normalized spacial score (nSPS) is 16.2. The number of piperidine rings is 1. The number of nitrogens with one attached hydrogen (secondary N) is 1. The summed E-state index contributed by atoms with van der Waals surface area (Å²) in [7, 11) is 0. The molecule has 1 saturated heterocycles. The second-order valence-electron chi connectivity index (χ2n) is 8.52. The molecule has 5 rings (SSSR count). The Hall–Kier alpha value is -3.66. The minimum Gasteiger partial charge on any atom is -0.454 e. The topological polar surface area (TPSA) is 111 Å². The summed E-state index contributed by atoms with van der Waals surface area (Å²) in [6.45, 7) is 3.09. The van der Waals surface area contributed by atoms with E-state index >= 15 is 0 Å². The van der Waals surface area contributed by atoms with E-state index in [1.807, 2.05) is 19.1 Å². The van der Waals surface area contributed by atoms with Crippen LogP contribution in [-0.4, -0.2) is 56.8 Å². The molecule has 0 saturated carbocycles. The first kappa shape index (κ1) is 23.1. The van der Waals surface area contributed by atoms with Gasteiger partial charge in [0.15, 0.2) is 17.5 Å². The van der Waals surface area contributed by atoms with Crippen molar-refractivity contribution in [2.24, 2.45) is 5.92 Å². The number of tetrazole rings is 1. The maximum absolute atomic E-state index is 13.2. The zero-order valence-electron chi connectivity index (χ0n) is 19.2. The van der Waals surface area contributed by atoms with Crippen molar-refractivity contribution >= 4 is 29.1 Å². The summed E-state index contributed by atoms with van der Waals surface area (Å²) in [5.41, 5.74) is 1.44. The molecule has 0 aliphatic carbocycles. The molecule has 2 aromatic carbocycles. The van der Waals surface area contributed by atoms with Gasteiger partial charge in [-0.25, -0.2) is 0 Å². The number of hydrogen-bond donors (Lipinski definition) is 1. The summed E-state index contributed by atoms with van der Waals surface area (Å²) < 4.78 is 10.7. The van der Waals surface area contributed by atoms with E-state index in [0.717, 1.165) is 5.56 Å². The number of aromatic nitrogens is 4. The van der Waals surface area contributed by atoms with Gasteiger partial charge in [0.1, 0.15) is 0 Å². The largest absolute Gasteiger partial charge is 0.454 e. The molecule has 2 aliphatic heterocycles. The van der Waals surface area contributed by atoms with Crippen LogP contribution in [0.5, 0.6) is 11.5 Å². The molecule has 2 aliphatic rings. The van der Waals surface area contributed by atoms with Crippen LogP contribution in [0, 0.1) is 5.92 Å². The number of carbonyl (C=O) groups excluding carboxylic acids is 2. The van der Waals surface area contributed by atoms with Crippen molar-refractivity contribution in [1.82, 2.24) is 25.1 Å². The van der Waals surface area contributed by atoms with Crippen LogP contribution in [0.1, 0.15) is 32.2 Å². The Morgan fingerprint density at radius 3 is 2.60 bits per heavy atom. The number of nitrogens with zero attached hydrogens (tertiary/aromatic N) is 5. The number of likely N-dealkylation sites (tertiary alicyclic amines) is 1. The SMILES string of the molecule is CCC(C(=O)N1CCC(C(=O)Nc2ccc3c(c2)OCO3)CC1)n1nnc(-c2ccc(Cl)cc2)n1. The van der Waals surface area contributed by atoms with Crippen molar-refractivity contribution in [1.29, 1.82) is 0 Å². The van der Waals surface area contributed by atoms with Crippen LogP contribution in [0.4, 0.5) is 5.69 Å². The van der Waals surface area contributed by atoms with Gasteiger partial charge in [-0.05, 0) is 60.9 Å². The number of fused-ring (bicyclic) bond motifs is 1. The standard InChI is InChI=1S/C24H25ClN6O4/c1-2-19(31-28-22(27-29-31)15-3-5-17(25)6-4-15)24(33)30-11-9-16(10-12-30)23(32)26-18-7-8-20-21(13-18)35-14-34-20/h3-8,13,16,19H,2,9-12,14H2,1H3,(H,26,32). The lowest BCUT2D eigenvalue weighted by molar-refractivity contribution is -0.138. The lowest BCUT2D eigenvalue weighted by atomic mass is 9.95. The first-order chi connectivity index (χ1) is 17.0. The maximum Gasteiger partial charge on any atom is 0.249 e. The predicted octanol–water partition coefficient (Wildman–Crippen LogP) is 3.55. The third kappa shape index (κ3) is 4.93. The molecule has 3 aromatic rings. The van der Waals surface area contributed by atoms with Crippen LogP contribution in [0.3, 0.4) is 0 Å². The van der Waals surface area contributed by atoms with Gasteiger partial charge in [0, 0.05) is 41.3 Å². The van der Waals surface area contributed by atoms with Crippen molar-refractivity contribution in [2.45, 2.75) is 32.2 Å². The van der Waals surface area contributed by atoms with Gasteiger partial charge in [0.25, 0.3) is 0 Å². The molecule has 1 N–H and O–H groups in total. The highest BCUT2D eigenvalue weighted by molar-refractivity contribution is 6.30. The highest BCUT2D eigenvalue weighted by Gasteiger charge is 2.32. The molecule has 1 aromatic heterocycles. The Balaban J connectivity index is 1.18. The summed E-state index contributed by atoms with van der Waals surface area (Å²) in [4.78, 5) is 29.2. The van der Waals surface area contributed by atoms with Crippen molar-refractivity contribution < 1.29 is 19.1 Å². The van der Waals surface area contributed by atoms with Gasteiger partial charge in [-0.15, -0.1) is 10.2 Å². The molecular weight excluding hydrogens is 472 g/mol. The van der Waals surface area contributed by atoms with Gasteiger partial charge in [-0.2, -0.15) is 4.80 Å². The smallest absolute Gasteiger partial charge is 0.249 e. The van der Waals surface area contributed by atoms with Crippen LogP contribution in [0.2, 0.25) is 5.02 Å². The van der Waals surface area contributed by atoms with Crippen molar-refractivity contribution in [3.8, 4) is 22.9 Å². The zero-order valence-corrected chi connectivity index (χ0v) is 19.9. The van der Waals surface area contributed by atoms with Crippen LogP contribution in [-0.2, 0) is 9.59 Å². The van der Waals surface area contributed by atoms with Gasteiger partial charge in [-0.3, -0.25) is 9.59 Å². The van der Waals surface area contributed by atoms with Crippen LogP contribution >= 0.6 is 11.6 Å². The van der Waals surface area contributed by atoms with Gasteiger partial charge >= 0.3 is 0 Å². The van der Waals surface area contributed by atoms with Crippen LogP contribution < -0.4 is 14.8 Å². The quantitative estimate of drug-likeness (QED) is 0.555. The molecule has 35 heavy (non-hydrogen) atoms. The van der Waals surface area contributed by atoms with Crippen molar-refractivity contribution in [3.05, 3.63) is 47.5 Å². The molecule has 0 bridgehead atoms. The molecule has 182 valence electrons. The number of benzene rings is 2. The Kier molecular flexibility index (Phi) is 6.54. The molecule has 2 amide bonds. The molecule has 0 radical (unpaired) electrons. The Bertz CT molecular complexity index is 1220. The first-order valence-corrected chi connectivity index (χ1v) is 11.9. The van der Waals surface area contributed by atoms with E-state index in [1.165, 1.54) is 4.80 Å². The molecule has 3 heterocycles. The first-order valence-electron chi connectivity index (χ1n) is 11.6. The molecule has 0 spiro atoms. The highest BCUT2D eigenvalue weighted by atomic mass is 35.5. The molecule has 10 nitrogen and oxygen atoms in total. The average molecular weight is 497 g/mol. The van der Waals surface area contributed by atoms with Gasteiger partial charge < -0.3 is 19.7 Å². The Labute approximate surface area is 207 Å². The fraction of sp³-hybridized carbons (Fsp3) is 0.375. The predicted molar refractivity (Wildman–Crippen MR) is 128 cm³/mol. The van der Waals surface area contributed by atoms with Gasteiger partial charge in [0.05, 0.1) is 0 Å². The van der Waals surface area contributed by atoms with Crippen molar-refractivity contribution in [2.75, 3.05) is 25.2 Å². The summed E-state index contributed by atoms with van der Waals surface area (Å²) in [5.74, 6) is 1.42. The van der Waals surface area contributed by atoms with E-state index in [0.29, 0.717) is 60.4 Å². The molecule has 11 heteroatoms. The number of amides is 2. The van der Waals surface area contributed by atoms with Crippen LogP contribution in [0.15, 0.2) is 42.5 Å². The lowest BCUT2D eigenvalue weighted by Crippen LogP contribution is -2.44. The second kappa shape index (κ2) is 9.91. The Morgan fingerprint density at radius 2 is 1.86 bits per heavy atom. The minimum absolute atomic E-state index is 0.0615. The summed E-state index contributed by atoms with van der Waals surface area (Å²) in [6.07, 6.45) is 1.69. The summed E-state index contributed by atoms with van der Waals surface area (Å²) in [6, 6.07) is 11.9. The minimum atomic E-state index is -0.553.